The van der Waals surface area contributed by atoms with E-state index in [4.69, 9.17) is 4.98 Å². The SMILES string of the molecule is c1ccc2c(NCCn3ccnn3)c3c(nc2c1)CCCC3. The van der Waals surface area contributed by atoms with E-state index in [-0.39, 0.29) is 0 Å². The lowest BCUT2D eigenvalue weighted by atomic mass is 9.92. The first-order valence-electron chi connectivity index (χ1n) is 7.90. The number of para-hydroxylation sites is 1. The predicted octanol–water partition coefficient (Wildman–Crippen LogP) is 2.82. The monoisotopic (exact) mass is 293 g/mol. The summed E-state index contributed by atoms with van der Waals surface area (Å²) in [7, 11) is 0. The summed E-state index contributed by atoms with van der Waals surface area (Å²) in [5, 5.41) is 12.7. The summed E-state index contributed by atoms with van der Waals surface area (Å²) in [5.41, 5.74) is 5.03. The van der Waals surface area contributed by atoms with Gasteiger partial charge in [0.1, 0.15) is 0 Å². The summed E-state index contributed by atoms with van der Waals surface area (Å²) in [5.74, 6) is 0. The summed E-state index contributed by atoms with van der Waals surface area (Å²) >= 11 is 0. The maximum Gasteiger partial charge on any atom is 0.0726 e. The van der Waals surface area contributed by atoms with Gasteiger partial charge in [0.15, 0.2) is 0 Å². The van der Waals surface area contributed by atoms with Gasteiger partial charge in [-0.1, -0.05) is 23.4 Å². The molecule has 0 radical (unpaired) electrons. The first-order chi connectivity index (χ1) is 10.9. The van der Waals surface area contributed by atoms with Crippen LogP contribution in [-0.2, 0) is 19.4 Å². The number of hydrogen-bond donors (Lipinski definition) is 1. The molecule has 112 valence electrons. The number of fused-ring (bicyclic) bond motifs is 2. The molecule has 22 heavy (non-hydrogen) atoms. The summed E-state index contributed by atoms with van der Waals surface area (Å²) in [6, 6.07) is 8.41. The van der Waals surface area contributed by atoms with Gasteiger partial charge in [-0.05, 0) is 37.3 Å². The lowest BCUT2D eigenvalue weighted by Gasteiger charge is -2.21. The van der Waals surface area contributed by atoms with Crippen molar-refractivity contribution in [1.82, 2.24) is 20.0 Å². The Hall–Kier alpha value is -2.43. The van der Waals surface area contributed by atoms with Crippen molar-refractivity contribution >= 4 is 16.6 Å². The van der Waals surface area contributed by atoms with E-state index in [9.17, 15) is 0 Å². The average Bonchev–Trinajstić information content (AvgIpc) is 3.07. The van der Waals surface area contributed by atoms with Gasteiger partial charge >= 0.3 is 0 Å². The van der Waals surface area contributed by atoms with Gasteiger partial charge in [0.2, 0.25) is 0 Å². The molecule has 4 rings (SSSR count). The molecular formula is C17H19N5. The number of anilines is 1. The maximum absolute atomic E-state index is 4.87. The molecule has 0 saturated heterocycles. The predicted molar refractivity (Wildman–Crippen MR) is 86.9 cm³/mol. The minimum atomic E-state index is 0.811. The van der Waals surface area contributed by atoms with Gasteiger partial charge in [-0.25, -0.2) is 0 Å². The smallest absolute Gasteiger partial charge is 0.0726 e. The lowest BCUT2D eigenvalue weighted by molar-refractivity contribution is 0.608. The number of pyridine rings is 1. The Morgan fingerprint density at radius 2 is 2.05 bits per heavy atom. The molecule has 1 aliphatic rings. The van der Waals surface area contributed by atoms with Crippen LogP contribution in [0.3, 0.4) is 0 Å². The number of aryl methyl sites for hydroxylation is 1. The Morgan fingerprint density at radius 1 is 1.14 bits per heavy atom. The fourth-order valence-corrected chi connectivity index (χ4v) is 3.22. The number of nitrogens with zero attached hydrogens (tertiary/aromatic N) is 4. The largest absolute Gasteiger partial charge is 0.382 e. The fraction of sp³-hybridized carbons (Fsp3) is 0.353. The topological polar surface area (TPSA) is 55.6 Å². The molecule has 5 heteroatoms. The van der Waals surface area contributed by atoms with Gasteiger partial charge in [0, 0.05) is 29.5 Å². The van der Waals surface area contributed by atoms with Crippen molar-refractivity contribution in [1.29, 1.82) is 0 Å². The van der Waals surface area contributed by atoms with Crippen LogP contribution in [0, 0.1) is 0 Å². The Balaban J connectivity index is 1.67. The van der Waals surface area contributed by atoms with Crippen LogP contribution in [0.15, 0.2) is 36.7 Å². The number of benzene rings is 1. The Kier molecular flexibility index (Phi) is 3.46. The van der Waals surface area contributed by atoms with E-state index in [1.165, 1.54) is 35.2 Å². The van der Waals surface area contributed by atoms with Gasteiger partial charge in [0.25, 0.3) is 0 Å². The highest BCUT2D eigenvalue weighted by Crippen LogP contribution is 2.33. The van der Waals surface area contributed by atoms with Gasteiger partial charge in [-0.3, -0.25) is 9.67 Å². The Bertz CT molecular complexity index is 779. The minimum Gasteiger partial charge on any atom is -0.382 e. The molecule has 0 saturated carbocycles. The normalized spacial score (nSPS) is 14.0. The number of rotatable bonds is 4. The van der Waals surface area contributed by atoms with Gasteiger partial charge < -0.3 is 5.32 Å². The molecule has 0 amide bonds. The third-order valence-corrected chi connectivity index (χ3v) is 4.28. The molecule has 0 bridgehead atoms. The van der Waals surface area contributed by atoms with Crippen LogP contribution in [-0.4, -0.2) is 26.5 Å². The molecule has 0 atom stereocenters. The molecule has 5 nitrogen and oxygen atoms in total. The Morgan fingerprint density at radius 3 is 2.95 bits per heavy atom. The average molecular weight is 293 g/mol. The summed E-state index contributed by atoms with van der Waals surface area (Å²) in [4.78, 5) is 4.87. The van der Waals surface area contributed by atoms with E-state index in [0.29, 0.717) is 0 Å². The van der Waals surface area contributed by atoms with Crippen molar-refractivity contribution in [2.45, 2.75) is 32.2 Å². The van der Waals surface area contributed by atoms with Crippen LogP contribution in [0.4, 0.5) is 5.69 Å². The third kappa shape index (κ3) is 2.43. The van der Waals surface area contributed by atoms with E-state index in [0.717, 1.165) is 31.4 Å². The molecule has 2 aromatic heterocycles. The second kappa shape index (κ2) is 5.75. The van der Waals surface area contributed by atoms with Crippen molar-refractivity contribution in [3.63, 3.8) is 0 Å². The van der Waals surface area contributed by atoms with E-state index < -0.39 is 0 Å². The summed E-state index contributed by atoms with van der Waals surface area (Å²) in [6.45, 7) is 1.65. The van der Waals surface area contributed by atoms with Crippen molar-refractivity contribution < 1.29 is 0 Å². The molecular weight excluding hydrogens is 274 g/mol. The van der Waals surface area contributed by atoms with Crippen LogP contribution in [0.25, 0.3) is 10.9 Å². The summed E-state index contributed by atoms with van der Waals surface area (Å²) in [6.07, 6.45) is 8.32. The van der Waals surface area contributed by atoms with Crippen molar-refractivity contribution in [3.8, 4) is 0 Å². The van der Waals surface area contributed by atoms with E-state index in [1.807, 2.05) is 10.9 Å². The fourth-order valence-electron chi connectivity index (χ4n) is 3.22. The molecule has 0 unspecified atom stereocenters. The zero-order chi connectivity index (χ0) is 14.8. The highest BCUT2D eigenvalue weighted by atomic mass is 15.4. The van der Waals surface area contributed by atoms with Crippen molar-refractivity contribution in [2.24, 2.45) is 0 Å². The van der Waals surface area contributed by atoms with E-state index in [1.54, 1.807) is 6.20 Å². The Labute approximate surface area is 129 Å². The zero-order valence-electron chi connectivity index (χ0n) is 12.5. The van der Waals surface area contributed by atoms with Gasteiger partial charge in [-0.15, -0.1) is 5.10 Å². The molecule has 0 spiro atoms. The van der Waals surface area contributed by atoms with E-state index in [2.05, 4.69) is 39.9 Å². The van der Waals surface area contributed by atoms with Crippen LogP contribution in [0.2, 0.25) is 0 Å². The lowest BCUT2D eigenvalue weighted by Crippen LogP contribution is -2.15. The molecule has 3 aromatic rings. The molecule has 0 aliphatic heterocycles. The molecule has 1 aromatic carbocycles. The first-order valence-corrected chi connectivity index (χ1v) is 7.90. The van der Waals surface area contributed by atoms with Crippen LogP contribution < -0.4 is 5.32 Å². The zero-order valence-corrected chi connectivity index (χ0v) is 12.5. The van der Waals surface area contributed by atoms with Crippen LogP contribution in [0.5, 0.6) is 0 Å². The van der Waals surface area contributed by atoms with E-state index >= 15 is 0 Å². The standard InChI is InChI=1S/C17H19N5/c1-3-7-15-13(5-1)17(14-6-2-4-8-16(14)20-15)18-9-11-22-12-10-19-21-22/h1,3,5,7,10,12H,2,4,6,8-9,11H2,(H,18,20). The van der Waals surface area contributed by atoms with Gasteiger partial charge in [-0.2, -0.15) is 0 Å². The molecule has 2 heterocycles. The molecule has 1 N–H and O–H groups in total. The highest BCUT2D eigenvalue weighted by Gasteiger charge is 2.17. The number of nitrogens with one attached hydrogen (secondary N) is 1. The van der Waals surface area contributed by atoms with Crippen LogP contribution in [0.1, 0.15) is 24.1 Å². The highest BCUT2D eigenvalue weighted by molar-refractivity contribution is 5.93. The van der Waals surface area contributed by atoms with Gasteiger partial charge in [0.05, 0.1) is 18.3 Å². The summed E-state index contributed by atoms with van der Waals surface area (Å²) < 4.78 is 1.85. The maximum atomic E-state index is 4.87. The number of aromatic nitrogens is 4. The molecule has 0 fully saturated rings. The second-order valence-corrected chi connectivity index (χ2v) is 5.73. The van der Waals surface area contributed by atoms with Crippen LogP contribution >= 0.6 is 0 Å². The van der Waals surface area contributed by atoms with Crippen molar-refractivity contribution in [2.75, 3.05) is 11.9 Å². The van der Waals surface area contributed by atoms with Crippen molar-refractivity contribution in [3.05, 3.63) is 47.9 Å². The molecule has 1 aliphatic carbocycles. The minimum absolute atomic E-state index is 0.811. The quantitative estimate of drug-likeness (QED) is 0.803. The number of hydrogen-bond acceptors (Lipinski definition) is 4. The second-order valence-electron chi connectivity index (χ2n) is 5.73. The third-order valence-electron chi connectivity index (χ3n) is 4.28. The first kappa shape index (κ1) is 13.2.